The average molecular weight is 313 g/mol. The molecule has 0 radical (unpaired) electrons. The lowest BCUT2D eigenvalue weighted by Crippen LogP contribution is -2.49. The van der Waals surface area contributed by atoms with E-state index in [2.05, 4.69) is 15.0 Å². The van der Waals surface area contributed by atoms with E-state index in [1.807, 2.05) is 42.6 Å². The summed E-state index contributed by atoms with van der Waals surface area (Å²) in [7, 11) is 1.92. The molecule has 0 spiro atoms. The zero-order valence-corrected chi connectivity index (χ0v) is 14.0. The molecule has 23 heavy (non-hydrogen) atoms. The molecule has 1 amide bonds. The summed E-state index contributed by atoms with van der Waals surface area (Å²) in [5.41, 5.74) is 4.26. The number of pyridine rings is 1. The summed E-state index contributed by atoms with van der Waals surface area (Å²) in [5, 5.41) is 4.39. The van der Waals surface area contributed by atoms with Crippen molar-refractivity contribution in [3.05, 3.63) is 41.5 Å². The number of aromatic nitrogens is 3. The number of aryl methyl sites for hydroxylation is 2. The summed E-state index contributed by atoms with van der Waals surface area (Å²) < 4.78 is 1.85. The molecule has 0 aliphatic carbocycles. The van der Waals surface area contributed by atoms with Crippen molar-refractivity contribution in [3.8, 4) is 0 Å². The zero-order valence-electron chi connectivity index (χ0n) is 14.0. The summed E-state index contributed by atoms with van der Waals surface area (Å²) in [6.45, 7) is 7.24. The van der Waals surface area contributed by atoms with Gasteiger partial charge in [-0.05, 0) is 26.0 Å². The highest BCUT2D eigenvalue weighted by atomic mass is 16.2. The standard InChI is InChI=1S/C17H23N5O/c1-13-16(14(2)20(3)19-13)12-17(23)22-10-8-21(9-11-22)15-4-6-18-7-5-15/h4-7H,8-12H2,1-3H3. The van der Waals surface area contributed by atoms with Crippen LogP contribution >= 0.6 is 0 Å². The predicted octanol–water partition coefficient (Wildman–Crippen LogP) is 1.32. The van der Waals surface area contributed by atoms with E-state index in [1.54, 1.807) is 12.4 Å². The maximum absolute atomic E-state index is 12.6. The SMILES string of the molecule is Cc1nn(C)c(C)c1CC(=O)N1CCN(c2ccncc2)CC1. The van der Waals surface area contributed by atoms with Gasteiger partial charge in [0.1, 0.15) is 0 Å². The second kappa shape index (κ2) is 6.40. The summed E-state index contributed by atoms with van der Waals surface area (Å²) in [4.78, 5) is 20.9. The fourth-order valence-electron chi connectivity index (χ4n) is 3.11. The topological polar surface area (TPSA) is 54.3 Å². The number of carbonyl (C=O) groups excluding carboxylic acids is 1. The van der Waals surface area contributed by atoms with Crippen LogP contribution in [-0.2, 0) is 18.3 Å². The molecule has 122 valence electrons. The van der Waals surface area contributed by atoms with Gasteiger partial charge in [-0.2, -0.15) is 5.10 Å². The quantitative estimate of drug-likeness (QED) is 0.858. The number of piperazine rings is 1. The Morgan fingerprint density at radius 1 is 1.13 bits per heavy atom. The third kappa shape index (κ3) is 3.21. The summed E-state index contributed by atoms with van der Waals surface area (Å²) in [6.07, 6.45) is 4.06. The first-order valence-corrected chi connectivity index (χ1v) is 7.98. The van der Waals surface area contributed by atoms with Crippen molar-refractivity contribution >= 4 is 11.6 Å². The van der Waals surface area contributed by atoms with E-state index < -0.39 is 0 Å². The Balaban J connectivity index is 1.60. The fourth-order valence-corrected chi connectivity index (χ4v) is 3.11. The molecule has 6 heteroatoms. The normalized spacial score (nSPS) is 15.1. The molecular weight excluding hydrogens is 290 g/mol. The molecule has 1 fully saturated rings. The first kappa shape index (κ1) is 15.5. The van der Waals surface area contributed by atoms with Crippen molar-refractivity contribution in [1.29, 1.82) is 0 Å². The van der Waals surface area contributed by atoms with Crippen LogP contribution in [0.2, 0.25) is 0 Å². The summed E-state index contributed by atoms with van der Waals surface area (Å²) in [5.74, 6) is 0.193. The van der Waals surface area contributed by atoms with Crippen molar-refractivity contribution in [1.82, 2.24) is 19.7 Å². The summed E-state index contributed by atoms with van der Waals surface area (Å²) >= 11 is 0. The van der Waals surface area contributed by atoms with Crippen LogP contribution in [0.4, 0.5) is 5.69 Å². The molecule has 0 unspecified atom stereocenters. The lowest BCUT2D eigenvalue weighted by atomic mass is 10.1. The number of carbonyl (C=O) groups is 1. The van der Waals surface area contributed by atoms with Gasteiger partial charge in [0.05, 0.1) is 12.1 Å². The van der Waals surface area contributed by atoms with Gasteiger partial charge in [0.2, 0.25) is 5.91 Å². The first-order chi connectivity index (χ1) is 11.1. The molecule has 2 aromatic rings. The van der Waals surface area contributed by atoms with Gasteiger partial charge < -0.3 is 9.80 Å². The molecule has 3 heterocycles. The average Bonchev–Trinajstić information content (AvgIpc) is 2.82. The number of anilines is 1. The maximum Gasteiger partial charge on any atom is 0.227 e. The van der Waals surface area contributed by atoms with Crippen LogP contribution in [0.25, 0.3) is 0 Å². The van der Waals surface area contributed by atoms with E-state index in [1.165, 1.54) is 5.69 Å². The number of amides is 1. The minimum absolute atomic E-state index is 0.193. The Morgan fingerprint density at radius 3 is 2.35 bits per heavy atom. The minimum atomic E-state index is 0.193. The molecule has 3 rings (SSSR count). The molecule has 1 aliphatic rings. The van der Waals surface area contributed by atoms with Gasteiger partial charge in [0, 0.05) is 62.6 Å². The summed E-state index contributed by atoms with van der Waals surface area (Å²) in [6, 6.07) is 4.03. The van der Waals surface area contributed by atoms with Gasteiger partial charge >= 0.3 is 0 Å². The van der Waals surface area contributed by atoms with Crippen LogP contribution in [0.15, 0.2) is 24.5 Å². The fraction of sp³-hybridized carbons (Fsp3) is 0.471. The van der Waals surface area contributed by atoms with Crippen molar-refractivity contribution in [2.75, 3.05) is 31.1 Å². The first-order valence-electron chi connectivity index (χ1n) is 7.98. The molecule has 1 aliphatic heterocycles. The van der Waals surface area contributed by atoms with Gasteiger partial charge in [-0.3, -0.25) is 14.5 Å². The number of rotatable bonds is 3. The number of nitrogens with zero attached hydrogens (tertiary/aromatic N) is 5. The lowest BCUT2D eigenvalue weighted by Gasteiger charge is -2.36. The minimum Gasteiger partial charge on any atom is -0.368 e. The van der Waals surface area contributed by atoms with E-state index in [-0.39, 0.29) is 5.91 Å². The van der Waals surface area contributed by atoms with Gasteiger partial charge in [-0.15, -0.1) is 0 Å². The molecule has 0 bridgehead atoms. The van der Waals surface area contributed by atoms with Crippen molar-refractivity contribution in [3.63, 3.8) is 0 Å². The van der Waals surface area contributed by atoms with E-state index in [9.17, 15) is 4.79 Å². The molecule has 0 saturated carbocycles. The Bertz CT molecular complexity index is 687. The van der Waals surface area contributed by atoms with Crippen molar-refractivity contribution in [2.24, 2.45) is 7.05 Å². The Hall–Kier alpha value is -2.37. The molecule has 0 atom stereocenters. The van der Waals surface area contributed by atoms with E-state index in [4.69, 9.17) is 0 Å². The smallest absolute Gasteiger partial charge is 0.227 e. The van der Waals surface area contributed by atoms with Crippen LogP contribution in [0.5, 0.6) is 0 Å². The molecule has 0 aromatic carbocycles. The Kier molecular flexibility index (Phi) is 4.32. The van der Waals surface area contributed by atoms with Gasteiger partial charge in [-0.1, -0.05) is 0 Å². The maximum atomic E-state index is 12.6. The van der Waals surface area contributed by atoms with Crippen LogP contribution in [0.3, 0.4) is 0 Å². The van der Waals surface area contributed by atoms with Crippen LogP contribution in [0.1, 0.15) is 17.0 Å². The third-order valence-corrected chi connectivity index (χ3v) is 4.65. The van der Waals surface area contributed by atoms with Crippen LogP contribution in [-0.4, -0.2) is 51.8 Å². The van der Waals surface area contributed by atoms with Crippen LogP contribution in [0, 0.1) is 13.8 Å². The van der Waals surface area contributed by atoms with Gasteiger partial charge in [0.15, 0.2) is 0 Å². The number of hydrogen-bond donors (Lipinski definition) is 0. The van der Waals surface area contributed by atoms with Crippen LogP contribution < -0.4 is 4.90 Å². The predicted molar refractivity (Wildman–Crippen MR) is 89.4 cm³/mol. The Morgan fingerprint density at radius 2 is 1.78 bits per heavy atom. The highest BCUT2D eigenvalue weighted by Crippen LogP contribution is 2.17. The molecule has 1 saturated heterocycles. The third-order valence-electron chi connectivity index (χ3n) is 4.65. The second-order valence-electron chi connectivity index (χ2n) is 6.02. The molecule has 6 nitrogen and oxygen atoms in total. The Labute approximate surface area is 136 Å². The zero-order chi connectivity index (χ0) is 16.4. The van der Waals surface area contributed by atoms with Gasteiger partial charge in [-0.25, -0.2) is 0 Å². The second-order valence-corrected chi connectivity index (χ2v) is 6.02. The monoisotopic (exact) mass is 313 g/mol. The highest BCUT2D eigenvalue weighted by molar-refractivity contribution is 5.79. The van der Waals surface area contributed by atoms with E-state index in [0.717, 1.165) is 43.1 Å². The van der Waals surface area contributed by atoms with E-state index in [0.29, 0.717) is 6.42 Å². The highest BCUT2D eigenvalue weighted by Gasteiger charge is 2.23. The molecular formula is C17H23N5O. The largest absolute Gasteiger partial charge is 0.368 e. The van der Waals surface area contributed by atoms with E-state index >= 15 is 0 Å². The lowest BCUT2D eigenvalue weighted by molar-refractivity contribution is -0.130. The van der Waals surface area contributed by atoms with Crippen molar-refractivity contribution in [2.45, 2.75) is 20.3 Å². The van der Waals surface area contributed by atoms with Crippen molar-refractivity contribution < 1.29 is 4.79 Å². The molecule has 2 aromatic heterocycles. The number of hydrogen-bond acceptors (Lipinski definition) is 4. The van der Waals surface area contributed by atoms with Gasteiger partial charge in [0.25, 0.3) is 0 Å². The molecule has 0 N–H and O–H groups in total.